The third kappa shape index (κ3) is 4.60. The first-order valence-corrected chi connectivity index (χ1v) is 6.26. The Hall–Kier alpha value is -1.79. The van der Waals surface area contributed by atoms with Gasteiger partial charge in [-0.3, -0.25) is 4.79 Å². The lowest BCUT2D eigenvalue weighted by atomic mass is 10.1. The fourth-order valence-corrected chi connectivity index (χ4v) is 1.54. The third-order valence-corrected chi connectivity index (χ3v) is 2.60. The minimum atomic E-state index is 0.0541. The van der Waals surface area contributed by atoms with Gasteiger partial charge in [-0.15, -0.1) is 0 Å². The Labute approximate surface area is 109 Å². The van der Waals surface area contributed by atoms with Crippen LogP contribution >= 0.6 is 0 Å². The molecule has 1 amide bonds. The van der Waals surface area contributed by atoms with E-state index in [-0.39, 0.29) is 5.91 Å². The number of unbranched alkanes of at least 4 members (excludes halogenated alkanes) is 1. The van der Waals surface area contributed by atoms with Gasteiger partial charge in [-0.2, -0.15) is 0 Å². The van der Waals surface area contributed by atoms with Gasteiger partial charge in [-0.05, 0) is 31.0 Å². The standard InChI is InChI=1S/C15H20N2O/c1-3-4-7-15(18)17-14-9-8-12(2)13(11-14)6-5-10-16/h8-9,11H,3-4,7,10,16H2,1-2H3,(H,17,18). The maximum absolute atomic E-state index is 11.6. The van der Waals surface area contributed by atoms with Crippen molar-refractivity contribution in [3.63, 3.8) is 0 Å². The zero-order valence-electron chi connectivity index (χ0n) is 11.0. The largest absolute Gasteiger partial charge is 0.326 e. The van der Waals surface area contributed by atoms with Crippen LogP contribution in [0, 0.1) is 18.8 Å². The SMILES string of the molecule is CCCCC(=O)Nc1ccc(C)c(C#CCN)c1. The van der Waals surface area contributed by atoms with Crippen molar-refractivity contribution >= 4 is 11.6 Å². The second-order valence-corrected chi connectivity index (χ2v) is 4.19. The van der Waals surface area contributed by atoms with Gasteiger partial charge in [-0.1, -0.05) is 31.3 Å². The molecule has 1 aromatic rings. The molecule has 0 saturated carbocycles. The van der Waals surface area contributed by atoms with Gasteiger partial charge in [0.2, 0.25) is 5.91 Å². The predicted octanol–water partition coefficient (Wildman–Crippen LogP) is 2.43. The highest BCUT2D eigenvalue weighted by Crippen LogP contribution is 2.15. The zero-order valence-corrected chi connectivity index (χ0v) is 11.0. The van der Waals surface area contributed by atoms with Crippen LogP contribution in [0.25, 0.3) is 0 Å². The summed E-state index contributed by atoms with van der Waals surface area (Å²) < 4.78 is 0. The summed E-state index contributed by atoms with van der Waals surface area (Å²) in [6, 6.07) is 5.74. The number of hydrogen-bond donors (Lipinski definition) is 2. The van der Waals surface area contributed by atoms with E-state index < -0.39 is 0 Å². The van der Waals surface area contributed by atoms with Gasteiger partial charge < -0.3 is 11.1 Å². The Kier molecular flexibility index (Phi) is 5.96. The van der Waals surface area contributed by atoms with Crippen LogP contribution in [0.1, 0.15) is 37.3 Å². The number of nitrogens with two attached hydrogens (primary N) is 1. The monoisotopic (exact) mass is 244 g/mol. The fourth-order valence-electron chi connectivity index (χ4n) is 1.54. The summed E-state index contributed by atoms with van der Waals surface area (Å²) in [4.78, 5) is 11.6. The lowest BCUT2D eigenvalue weighted by Gasteiger charge is -2.06. The van der Waals surface area contributed by atoms with E-state index in [4.69, 9.17) is 5.73 Å². The van der Waals surface area contributed by atoms with E-state index >= 15 is 0 Å². The fraction of sp³-hybridized carbons (Fsp3) is 0.400. The van der Waals surface area contributed by atoms with Crippen molar-refractivity contribution in [2.45, 2.75) is 33.1 Å². The normalized spacial score (nSPS) is 9.50. The number of rotatable bonds is 4. The molecule has 1 aromatic carbocycles. The molecule has 0 radical (unpaired) electrons. The van der Waals surface area contributed by atoms with Gasteiger partial charge in [0.05, 0.1) is 6.54 Å². The molecule has 0 aromatic heterocycles. The van der Waals surface area contributed by atoms with E-state index in [1.807, 2.05) is 25.1 Å². The number of benzene rings is 1. The lowest BCUT2D eigenvalue weighted by molar-refractivity contribution is -0.116. The quantitative estimate of drug-likeness (QED) is 0.799. The molecule has 3 heteroatoms. The molecule has 0 saturated heterocycles. The highest BCUT2D eigenvalue weighted by molar-refractivity contribution is 5.90. The first-order valence-electron chi connectivity index (χ1n) is 6.26. The second-order valence-electron chi connectivity index (χ2n) is 4.19. The number of carbonyl (C=O) groups is 1. The molecular formula is C15H20N2O. The van der Waals surface area contributed by atoms with Gasteiger partial charge in [0.1, 0.15) is 0 Å². The van der Waals surface area contributed by atoms with Crippen LogP contribution in [0.2, 0.25) is 0 Å². The predicted molar refractivity (Wildman–Crippen MR) is 75.3 cm³/mol. The average Bonchev–Trinajstić information content (AvgIpc) is 2.37. The van der Waals surface area contributed by atoms with E-state index in [0.717, 1.165) is 29.7 Å². The number of carbonyl (C=O) groups excluding carboxylic acids is 1. The first-order chi connectivity index (χ1) is 8.67. The Morgan fingerprint density at radius 2 is 2.22 bits per heavy atom. The molecular weight excluding hydrogens is 224 g/mol. The van der Waals surface area contributed by atoms with E-state index in [0.29, 0.717) is 13.0 Å². The van der Waals surface area contributed by atoms with Crippen molar-refractivity contribution in [3.8, 4) is 11.8 Å². The summed E-state index contributed by atoms with van der Waals surface area (Å²) in [6.45, 7) is 4.40. The molecule has 0 unspecified atom stereocenters. The van der Waals surface area contributed by atoms with Gasteiger partial charge >= 0.3 is 0 Å². The Morgan fingerprint density at radius 1 is 1.44 bits per heavy atom. The summed E-state index contributed by atoms with van der Waals surface area (Å²) >= 11 is 0. The highest BCUT2D eigenvalue weighted by Gasteiger charge is 2.03. The molecule has 1 rings (SSSR count). The van der Waals surface area contributed by atoms with Crippen LogP contribution in [0.5, 0.6) is 0 Å². The molecule has 0 spiro atoms. The second kappa shape index (κ2) is 7.52. The highest BCUT2D eigenvalue weighted by atomic mass is 16.1. The van der Waals surface area contributed by atoms with Crippen molar-refractivity contribution in [2.24, 2.45) is 5.73 Å². The lowest BCUT2D eigenvalue weighted by Crippen LogP contribution is -2.11. The van der Waals surface area contributed by atoms with E-state index in [9.17, 15) is 4.79 Å². The molecule has 3 N–H and O–H groups in total. The van der Waals surface area contributed by atoms with Crippen molar-refractivity contribution in [2.75, 3.05) is 11.9 Å². The van der Waals surface area contributed by atoms with Crippen molar-refractivity contribution in [1.29, 1.82) is 0 Å². The summed E-state index contributed by atoms with van der Waals surface area (Å²) in [6.07, 6.45) is 2.50. The van der Waals surface area contributed by atoms with Crippen molar-refractivity contribution in [3.05, 3.63) is 29.3 Å². The molecule has 0 aliphatic heterocycles. The molecule has 3 nitrogen and oxygen atoms in total. The van der Waals surface area contributed by atoms with Crippen LogP contribution in [-0.2, 0) is 4.79 Å². The van der Waals surface area contributed by atoms with Crippen molar-refractivity contribution in [1.82, 2.24) is 0 Å². The molecule has 96 valence electrons. The van der Waals surface area contributed by atoms with Crippen LogP contribution in [0.3, 0.4) is 0 Å². The van der Waals surface area contributed by atoms with Gasteiger partial charge in [0, 0.05) is 17.7 Å². The average molecular weight is 244 g/mol. The van der Waals surface area contributed by atoms with Crippen LogP contribution in [-0.4, -0.2) is 12.5 Å². The molecule has 0 bridgehead atoms. The minimum absolute atomic E-state index is 0.0541. The Balaban J connectivity index is 2.75. The summed E-state index contributed by atoms with van der Waals surface area (Å²) in [5.41, 5.74) is 8.15. The number of hydrogen-bond acceptors (Lipinski definition) is 2. The van der Waals surface area contributed by atoms with Crippen LogP contribution in [0.4, 0.5) is 5.69 Å². The van der Waals surface area contributed by atoms with E-state index in [1.54, 1.807) is 0 Å². The summed E-state index contributed by atoms with van der Waals surface area (Å²) in [5, 5.41) is 2.88. The topological polar surface area (TPSA) is 55.1 Å². The molecule has 0 heterocycles. The molecule has 0 aliphatic rings. The number of amides is 1. The number of anilines is 1. The van der Waals surface area contributed by atoms with Crippen molar-refractivity contribution < 1.29 is 4.79 Å². The minimum Gasteiger partial charge on any atom is -0.326 e. The Bertz CT molecular complexity index is 469. The number of aryl methyl sites for hydroxylation is 1. The molecule has 0 fully saturated rings. The Morgan fingerprint density at radius 3 is 2.89 bits per heavy atom. The smallest absolute Gasteiger partial charge is 0.224 e. The maximum atomic E-state index is 11.6. The van der Waals surface area contributed by atoms with Gasteiger partial charge in [0.25, 0.3) is 0 Å². The molecule has 0 atom stereocenters. The van der Waals surface area contributed by atoms with E-state index in [1.165, 1.54) is 0 Å². The number of nitrogens with one attached hydrogen (secondary N) is 1. The molecule has 18 heavy (non-hydrogen) atoms. The summed E-state index contributed by atoms with van der Waals surface area (Å²) in [5.74, 6) is 5.88. The maximum Gasteiger partial charge on any atom is 0.224 e. The molecule has 0 aliphatic carbocycles. The van der Waals surface area contributed by atoms with Crippen LogP contribution < -0.4 is 11.1 Å². The van der Waals surface area contributed by atoms with Crippen LogP contribution in [0.15, 0.2) is 18.2 Å². The zero-order chi connectivity index (χ0) is 13.4. The van der Waals surface area contributed by atoms with Gasteiger partial charge in [0.15, 0.2) is 0 Å². The summed E-state index contributed by atoms with van der Waals surface area (Å²) in [7, 11) is 0. The van der Waals surface area contributed by atoms with E-state index in [2.05, 4.69) is 24.1 Å². The third-order valence-electron chi connectivity index (χ3n) is 2.60. The first kappa shape index (κ1) is 14.3. The van der Waals surface area contributed by atoms with Gasteiger partial charge in [-0.25, -0.2) is 0 Å².